The zero-order valence-electron chi connectivity index (χ0n) is 9.24. The van der Waals surface area contributed by atoms with Gasteiger partial charge in [-0.1, -0.05) is 12.1 Å². The van der Waals surface area contributed by atoms with Gasteiger partial charge in [0.15, 0.2) is 6.10 Å². The molecule has 0 aliphatic heterocycles. The molecule has 1 aromatic carbocycles. The molecule has 1 aromatic rings. The highest BCUT2D eigenvalue weighted by Crippen LogP contribution is 2.19. The minimum Gasteiger partial charge on any atom is -0.478 e. The quantitative estimate of drug-likeness (QED) is 0.751. The molecule has 0 aliphatic rings. The lowest BCUT2D eigenvalue weighted by Gasteiger charge is -2.15. The third kappa shape index (κ3) is 4.34. The van der Waals surface area contributed by atoms with Crippen LogP contribution in [0.2, 0.25) is 0 Å². The summed E-state index contributed by atoms with van der Waals surface area (Å²) in [5.41, 5.74) is 0.739. The maximum absolute atomic E-state index is 12.0. The van der Waals surface area contributed by atoms with Crippen molar-refractivity contribution >= 4 is 5.97 Å². The van der Waals surface area contributed by atoms with Crippen LogP contribution in [-0.4, -0.2) is 35.0 Å². The Morgan fingerprint density at radius 1 is 1.28 bits per heavy atom. The van der Waals surface area contributed by atoms with E-state index in [-0.39, 0.29) is 12.1 Å². The number of nitrogens with one attached hydrogen (secondary N) is 1. The number of carbonyl (C=O) groups is 1. The number of benzene rings is 1. The first kappa shape index (κ1) is 14.5. The lowest BCUT2D eigenvalue weighted by Crippen LogP contribution is -2.38. The molecule has 3 N–H and O–H groups in total. The van der Waals surface area contributed by atoms with E-state index < -0.39 is 24.8 Å². The number of halogens is 3. The van der Waals surface area contributed by atoms with Gasteiger partial charge in [-0.2, -0.15) is 13.2 Å². The van der Waals surface area contributed by atoms with Gasteiger partial charge in [-0.3, -0.25) is 0 Å². The van der Waals surface area contributed by atoms with E-state index in [4.69, 9.17) is 10.2 Å². The summed E-state index contributed by atoms with van der Waals surface area (Å²) in [6.07, 6.45) is -7.05. The summed E-state index contributed by atoms with van der Waals surface area (Å²) in [5, 5.41) is 19.8. The molecular formula is C11H12F3NO3. The Morgan fingerprint density at radius 3 is 2.28 bits per heavy atom. The van der Waals surface area contributed by atoms with E-state index in [9.17, 15) is 18.0 Å². The Balaban J connectivity index is 2.43. The predicted octanol–water partition coefficient (Wildman–Crippen LogP) is 1.40. The fourth-order valence-corrected chi connectivity index (χ4v) is 1.23. The van der Waals surface area contributed by atoms with E-state index in [0.29, 0.717) is 5.56 Å². The molecule has 0 aromatic heterocycles. The second-order valence-electron chi connectivity index (χ2n) is 3.69. The highest BCUT2D eigenvalue weighted by atomic mass is 19.4. The third-order valence-electron chi connectivity index (χ3n) is 2.25. The second-order valence-corrected chi connectivity index (χ2v) is 3.69. The summed E-state index contributed by atoms with van der Waals surface area (Å²) in [4.78, 5) is 10.6. The Kier molecular flexibility index (Phi) is 4.69. The number of aliphatic hydroxyl groups is 1. The highest BCUT2D eigenvalue weighted by molar-refractivity contribution is 5.87. The number of carboxylic acids is 1. The first-order valence-electron chi connectivity index (χ1n) is 5.08. The molecule has 18 heavy (non-hydrogen) atoms. The number of aromatic carboxylic acids is 1. The maximum atomic E-state index is 12.0. The summed E-state index contributed by atoms with van der Waals surface area (Å²) in [5.74, 6) is -1.07. The van der Waals surface area contributed by atoms with Crippen LogP contribution in [0.5, 0.6) is 0 Å². The molecule has 100 valence electrons. The Hall–Kier alpha value is -1.60. The zero-order valence-corrected chi connectivity index (χ0v) is 9.24. The van der Waals surface area contributed by atoms with Gasteiger partial charge in [-0.25, -0.2) is 4.79 Å². The lowest BCUT2D eigenvalue weighted by molar-refractivity contribution is -0.201. The summed E-state index contributed by atoms with van der Waals surface area (Å²) < 4.78 is 35.9. The van der Waals surface area contributed by atoms with Crippen LogP contribution in [0.4, 0.5) is 13.2 Å². The van der Waals surface area contributed by atoms with Gasteiger partial charge in [0.1, 0.15) is 0 Å². The molecule has 1 rings (SSSR count). The molecule has 0 heterocycles. The van der Waals surface area contributed by atoms with Gasteiger partial charge in [-0.15, -0.1) is 0 Å². The molecule has 0 saturated heterocycles. The van der Waals surface area contributed by atoms with E-state index >= 15 is 0 Å². The van der Waals surface area contributed by atoms with E-state index in [2.05, 4.69) is 5.32 Å². The van der Waals surface area contributed by atoms with Gasteiger partial charge < -0.3 is 15.5 Å². The van der Waals surface area contributed by atoms with E-state index in [1.165, 1.54) is 24.3 Å². The van der Waals surface area contributed by atoms with Crippen molar-refractivity contribution in [1.29, 1.82) is 0 Å². The Labute approximate surface area is 101 Å². The minimum atomic E-state index is -4.64. The molecule has 0 aliphatic carbocycles. The molecule has 0 radical (unpaired) electrons. The molecule has 0 saturated carbocycles. The van der Waals surface area contributed by atoms with Crippen molar-refractivity contribution in [3.63, 3.8) is 0 Å². The van der Waals surface area contributed by atoms with E-state index in [1.54, 1.807) is 0 Å². The van der Waals surface area contributed by atoms with Crippen molar-refractivity contribution in [1.82, 2.24) is 5.32 Å². The van der Waals surface area contributed by atoms with Crippen molar-refractivity contribution in [2.24, 2.45) is 0 Å². The van der Waals surface area contributed by atoms with Crippen LogP contribution in [0.1, 0.15) is 15.9 Å². The Bertz CT molecular complexity index is 403. The number of alkyl halides is 3. The molecule has 7 heteroatoms. The lowest BCUT2D eigenvalue weighted by atomic mass is 10.1. The normalized spacial score (nSPS) is 13.3. The first-order chi connectivity index (χ1) is 8.30. The molecule has 0 bridgehead atoms. The van der Waals surface area contributed by atoms with Crippen LogP contribution >= 0.6 is 0 Å². The first-order valence-corrected chi connectivity index (χ1v) is 5.08. The highest BCUT2D eigenvalue weighted by Gasteiger charge is 2.37. The van der Waals surface area contributed by atoms with Crippen molar-refractivity contribution in [3.8, 4) is 0 Å². The predicted molar refractivity (Wildman–Crippen MR) is 57.2 cm³/mol. The summed E-state index contributed by atoms with van der Waals surface area (Å²) in [6, 6.07) is 5.71. The fraction of sp³-hybridized carbons (Fsp3) is 0.364. The largest absolute Gasteiger partial charge is 0.478 e. The third-order valence-corrected chi connectivity index (χ3v) is 2.25. The summed E-state index contributed by atoms with van der Waals surface area (Å²) in [7, 11) is 0. The van der Waals surface area contributed by atoms with Crippen LogP contribution in [0.25, 0.3) is 0 Å². The number of carboxylic acid groups (broad SMARTS) is 1. The number of hydrogen-bond donors (Lipinski definition) is 3. The number of hydrogen-bond acceptors (Lipinski definition) is 3. The number of rotatable bonds is 5. The van der Waals surface area contributed by atoms with Crippen molar-refractivity contribution in [2.75, 3.05) is 6.54 Å². The molecular weight excluding hydrogens is 251 g/mol. The molecule has 1 unspecified atom stereocenters. The monoisotopic (exact) mass is 263 g/mol. The number of aliphatic hydroxyl groups excluding tert-OH is 1. The van der Waals surface area contributed by atoms with Crippen molar-refractivity contribution in [3.05, 3.63) is 35.4 Å². The van der Waals surface area contributed by atoms with E-state index in [1.807, 2.05) is 0 Å². The summed E-state index contributed by atoms with van der Waals surface area (Å²) >= 11 is 0. The summed E-state index contributed by atoms with van der Waals surface area (Å²) in [6.45, 7) is -0.489. The fourth-order valence-electron chi connectivity index (χ4n) is 1.23. The average Bonchev–Trinajstić information content (AvgIpc) is 2.28. The molecule has 0 amide bonds. The van der Waals surface area contributed by atoms with Crippen LogP contribution in [0.15, 0.2) is 24.3 Å². The standard InChI is InChI=1S/C11H12F3NO3/c12-11(13,14)9(16)6-15-5-7-1-3-8(4-2-7)10(17)18/h1-4,9,15-16H,5-6H2,(H,17,18). The van der Waals surface area contributed by atoms with Gasteiger partial charge >= 0.3 is 12.1 Å². The van der Waals surface area contributed by atoms with Crippen molar-refractivity contribution in [2.45, 2.75) is 18.8 Å². The minimum absolute atomic E-state index is 0.106. The topological polar surface area (TPSA) is 69.6 Å². The van der Waals surface area contributed by atoms with Crippen molar-refractivity contribution < 1.29 is 28.2 Å². The van der Waals surface area contributed by atoms with Crippen LogP contribution in [0.3, 0.4) is 0 Å². The average molecular weight is 263 g/mol. The van der Waals surface area contributed by atoms with Gasteiger partial charge in [0, 0.05) is 13.1 Å². The molecule has 1 atom stereocenters. The second kappa shape index (κ2) is 5.83. The molecule has 4 nitrogen and oxygen atoms in total. The van der Waals surface area contributed by atoms with Gasteiger partial charge in [0.05, 0.1) is 5.56 Å². The van der Waals surface area contributed by atoms with Gasteiger partial charge in [-0.05, 0) is 17.7 Å². The maximum Gasteiger partial charge on any atom is 0.415 e. The van der Waals surface area contributed by atoms with Crippen LogP contribution in [0, 0.1) is 0 Å². The molecule has 0 spiro atoms. The zero-order chi connectivity index (χ0) is 13.8. The molecule has 0 fully saturated rings. The van der Waals surface area contributed by atoms with E-state index in [0.717, 1.165) is 0 Å². The van der Waals surface area contributed by atoms with Gasteiger partial charge in [0.2, 0.25) is 0 Å². The van der Waals surface area contributed by atoms with Crippen LogP contribution in [-0.2, 0) is 6.54 Å². The van der Waals surface area contributed by atoms with Crippen LogP contribution < -0.4 is 5.32 Å². The smallest absolute Gasteiger partial charge is 0.415 e. The SMILES string of the molecule is O=C(O)c1ccc(CNCC(O)C(F)(F)F)cc1. The Morgan fingerprint density at radius 2 is 1.83 bits per heavy atom. The van der Waals surface area contributed by atoms with Gasteiger partial charge in [0.25, 0.3) is 0 Å².